The van der Waals surface area contributed by atoms with Gasteiger partial charge in [-0.2, -0.15) is 47.6 Å². The standard InChI is InChI=1S/C35H41F7N4O10S2/c1-23(45-55-57(49,50)34(39,40)31(47)43-26-9-4-2-5-10-26)24-13-17-28(18-14-24)53-21-8-22-54-29-19-15-25(16-20-29)30(33(36,37)38)46-56-58(51,52)35(41,42)32(48)44-27-11-6-3-7-12-27/h13-20,26-27H,2-12,21-22H2,1H3,(H,43,47)(H,44,48)/b45-23+,46-30-. The Balaban J connectivity index is 1.24. The summed E-state index contributed by atoms with van der Waals surface area (Å²) in [7, 11) is -12.0. The third-order valence-electron chi connectivity index (χ3n) is 9.03. The zero-order valence-corrected chi connectivity index (χ0v) is 32.5. The van der Waals surface area contributed by atoms with Crippen LogP contribution in [-0.2, 0) is 38.4 Å². The highest BCUT2D eigenvalue weighted by atomic mass is 32.2. The van der Waals surface area contributed by atoms with Crippen molar-refractivity contribution in [2.75, 3.05) is 13.2 Å². The average molecular weight is 875 g/mol. The number of alkyl halides is 7. The first-order valence-electron chi connectivity index (χ1n) is 18.0. The smallest absolute Gasteiger partial charge is 0.459 e. The van der Waals surface area contributed by atoms with Gasteiger partial charge in [0.1, 0.15) is 11.5 Å². The Morgan fingerprint density at radius 3 is 1.40 bits per heavy atom. The third-order valence-corrected chi connectivity index (χ3v) is 11.2. The predicted molar refractivity (Wildman–Crippen MR) is 193 cm³/mol. The van der Waals surface area contributed by atoms with Crippen LogP contribution < -0.4 is 20.1 Å². The molecule has 2 aliphatic carbocycles. The van der Waals surface area contributed by atoms with E-state index >= 15 is 0 Å². The van der Waals surface area contributed by atoms with Crippen LogP contribution in [0, 0.1) is 0 Å². The summed E-state index contributed by atoms with van der Waals surface area (Å²) in [6.07, 6.45) is 0.823. The summed E-state index contributed by atoms with van der Waals surface area (Å²) in [4.78, 5) is 24.1. The highest BCUT2D eigenvalue weighted by molar-refractivity contribution is 7.88. The van der Waals surface area contributed by atoms with Gasteiger partial charge in [-0.15, -0.1) is 0 Å². The first kappa shape index (κ1) is 46.0. The van der Waals surface area contributed by atoms with Crippen molar-refractivity contribution in [2.45, 2.75) is 106 Å². The molecule has 0 radical (unpaired) electrons. The molecule has 2 aliphatic rings. The molecule has 0 saturated heterocycles. The van der Waals surface area contributed by atoms with Crippen LogP contribution in [0.25, 0.3) is 0 Å². The van der Waals surface area contributed by atoms with Crippen LogP contribution >= 0.6 is 0 Å². The molecule has 0 spiro atoms. The molecule has 14 nitrogen and oxygen atoms in total. The lowest BCUT2D eigenvalue weighted by molar-refractivity contribution is -0.137. The molecule has 0 aromatic heterocycles. The van der Waals surface area contributed by atoms with Crippen LogP contribution in [-0.4, -0.2) is 82.1 Å². The first-order chi connectivity index (χ1) is 27.1. The maximum atomic E-state index is 14.5. The summed E-state index contributed by atoms with van der Waals surface area (Å²) < 4.78 is 166. The zero-order valence-electron chi connectivity index (χ0n) is 30.9. The van der Waals surface area contributed by atoms with E-state index in [2.05, 4.69) is 24.2 Å². The number of benzene rings is 2. The molecule has 0 unspecified atom stereocenters. The summed E-state index contributed by atoms with van der Waals surface area (Å²) >= 11 is 0. The van der Waals surface area contributed by atoms with Crippen LogP contribution in [0.2, 0.25) is 0 Å². The van der Waals surface area contributed by atoms with Gasteiger partial charge in [-0.05, 0) is 86.7 Å². The van der Waals surface area contributed by atoms with Gasteiger partial charge in [-0.3, -0.25) is 18.2 Å². The normalized spacial score (nSPS) is 17.0. The van der Waals surface area contributed by atoms with E-state index in [0.29, 0.717) is 44.3 Å². The number of carbonyl (C=O) groups excluding carboxylic acids is 2. The second-order valence-corrected chi connectivity index (χ2v) is 16.6. The van der Waals surface area contributed by atoms with E-state index in [0.717, 1.165) is 49.9 Å². The van der Waals surface area contributed by atoms with Crippen molar-refractivity contribution in [2.24, 2.45) is 10.3 Å². The molecule has 2 fully saturated rings. The highest BCUT2D eigenvalue weighted by Gasteiger charge is 2.57. The highest BCUT2D eigenvalue weighted by Crippen LogP contribution is 2.30. The van der Waals surface area contributed by atoms with E-state index in [4.69, 9.17) is 9.47 Å². The van der Waals surface area contributed by atoms with Gasteiger partial charge < -0.3 is 20.1 Å². The molecule has 0 bridgehead atoms. The van der Waals surface area contributed by atoms with Gasteiger partial charge in [0.05, 0.1) is 18.9 Å². The second-order valence-electron chi connectivity index (χ2n) is 13.4. The van der Waals surface area contributed by atoms with Crippen LogP contribution in [0.5, 0.6) is 11.5 Å². The first-order valence-corrected chi connectivity index (χ1v) is 20.9. The Kier molecular flexibility index (Phi) is 15.4. The predicted octanol–water partition coefficient (Wildman–Crippen LogP) is 6.30. The van der Waals surface area contributed by atoms with Gasteiger partial charge >= 0.3 is 48.7 Å². The molecule has 0 atom stereocenters. The summed E-state index contributed by atoms with van der Waals surface area (Å²) in [5.41, 5.74) is -2.58. The molecular weight excluding hydrogens is 834 g/mol. The molecule has 23 heteroatoms. The number of carbonyl (C=O) groups is 2. The lowest BCUT2D eigenvalue weighted by Crippen LogP contribution is -2.50. The average Bonchev–Trinajstić information content (AvgIpc) is 3.17. The Hall–Kier alpha value is -4.67. The molecular formula is C35H41F7N4O10S2. The van der Waals surface area contributed by atoms with E-state index in [-0.39, 0.29) is 36.7 Å². The maximum Gasteiger partial charge on any atom is 0.459 e. The molecule has 2 saturated carbocycles. The third kappa shape index (κ3) is 12.2. The van der Waals surface area contributed by atoms with Gasteiger partial charge in [0.25, 0.3) is 0 Å². The van der Waals surface area contributed by atoms with E-state index < -0.39 is 72.1 Å². The summed E-state index contributed by atoms with van der Waals surface area (Å²) in [5.74, 6) is -3.84. The number of halogens is 7. The van der Waals surface area contributed by atoms with Gasteiger partial charge in [-0.25, -0.2) is 0 Å². The number of amides is 2. The summed E-state index contributed by atoms with van der Waals surface area (Å²) in [5, 5.41) is -0.455. The number of nitrogens with one attached hydrogen (secondary N) is 2. The number of ether oxygens (including phenoxy) is 2. The van der Waals surface area contributed by atoms with Gasteiger partial charge in [0.15, 0.2) is 5.71 Å². The fourth-order valence-corrected chi connectivity index (χ4v) is 6.95. The Morgan fingerprint density at radius 1 is 0.621 bits per heavy atom. The number of rotatable bonds is 18. The van der Waals surface area contributed by atoms with Crippen LogP contribution in [0.15, 0.2) is 58.8 Å². The van der Waals surface area contributed by atoms with Crippen molar-refractivity contribution in [1.29, 1.82) is 0 Å². The second kappa shape index (κ2) is 19.4. The minimum Gasteiger partial charge on any atom is -0.493 e. The minimum absolute atomic E-state index is 0.00209. The van der Waals surface area contributed by atoms with E-state index in [9.17, 15) is 57.2 Å². The zero-order chi connectivity index (χ0) is 42.8. The molecule has 2 amide bonds. The van der Waals surface area contributed by atoms with E-state index in [1.54, 1.807) is 0 Å². The van der Waals surface area contributed by atoms with Gasteiger partial charge in [0, 0.05) is 24.1 Å². The van der Waals surface area contributed by atoms with Crippen molar-refractivity contribution in [1.82, 2.24) is 10.6 Å². The quantitative estimate of drug-likeness (QED) is 0.0745. The number of hydrogen-bond acceptors (Lipinski definition) is 12. The van der Waals surface area contributed by atoms with Crippen molar-refractivity contribution in [3.63, 3.8) is 0 Å². The monoisotopic (exact) mass is 874 g/mol. The number of nitrogens with zero attached hydrogens (tertiary/aromatic N) is 2. The van der Waals surface area contributed by atoms with Crippen molar-refractivity contribution >= 4 is 43.5 Å². The fourth-order valence-electron chi connectivity index (χ4n) is 5.81. The molecule has 58 heavy (non-hydrogen) atoms. The molecule has 2 aromatic carbocycles. The topological polar surface area (TPSA) is 188 Å². The Morgan fingerprint density at radius 2 is 1.00 bits per heavy atom. The van der Waals surface area contributed by atoms with Gasteiger partial charge in [0.2, 0.25) is 0 Å². The molecule has 0 aliphatic heterocycles. The van der Waals surface area contributed by atoms with Crippen LogP contribution in [0.3, 0.4) is 0 Å². The largest absolute Gasteiger partial charge is 0.493 e. The summed E-state index contributed by atoms with van der Waals surface area (Å²) in [6.45, 7) is 1.36. The Labute approximate surface area is 329 Å². The van der Waals surface area contributed by atoms with Gasteiger partial charge in [-0.1, -0.05) is 48.8 Å². The van der Waals surface area contributed by atoms with Crippen molar-refractivity contribution in [3.8, 4) is 11.5 Å². The number of oxime groups is 2. The van der Waals surface area contributed by atoms with Crippen molar-refractivity contribution < 1.29 is 75.2 Å². The molecule has 0 heterocycles. The maximum absolute atomic E-state index is 14.5. The fraction of sp³-hybridized carbons (Fsp3) is 0.543. The van der Waals surface area contributed by atoms with Crippen LogP contribution in [0.1, 0.15) is 88.7 Å². The van der Waals surface area contributed by atoms with E-state index in [1.807, 2.05) is 5.32 Å². The molecule has 4 rings (SSSR count). The minimum atomic E-state index is -6.28. The molecule has 2 aromatic rings. The summed E-state index contributed by atoms with van der Waals surface area (Å²) in [6, 6.07) is 8.28. The SMILES string of the molecule is C/C(=N\OS(=O)(=O)C(F)(F)C(=O)NC1CCCCC1)c1ccc(OCCCOc2ccc(/C(=N/OS(=O)(=O)C(F)(F)C(=O)NC3CCCCC3)C(F)(F)F)cc2)cc1. The van der Waals surface area contributed by atoms with Crippen molar-refractivity contribution in [3.05, 3.63) is 59.7 Å². The lowest BCUT2D eigenvalue weighted by atomic mass is 9.95. The van der Waals surface area contributed by atoms with Crippen LogP contribution in [0.4, 0.5) is 30.7 Å². The molecule has 322 valence electrons. The number of hydrogen-bond donors (Lipinski definition) is 2. The Bertz CT molecular complexity index is 2000. The molecule has 2 N–H and O–H groups in total. The van der Waals surface area contributed by atoms with E-state index in [1.165, 1.54) is 31.2 Å². The lowest BCUT2D eigenvalue weighted by Gasteiger charge is -2.24.